The third-order valence-corrected chi connectivity index (χ3v) is 4.90. The highest BCUT2D eigenvalue weighted by molar-refractivity contribution is 7.17. The van der Waals surface area contributed by atoms with E-state index in [1.54, 1.807) is 17.7 Å². The molecule has 1 saturated heterocycles. The molecule has 0 N–H and O–H groups in total. The van der Waals surface area contributed by atoms with Crippen LogP contribution in [0.2, 0.25) is 0 Å². The van der Waals surface area contributed by atoms with E-state index in [1.807, 2.05) is 24.6 Å². The molecule has 8 heteroatoms. The summed E-state index contributed by atoms with van der Waals surface area (Å²) in [5.41, 5.74) is 1.01. The van der Waals surface area contributed by atoms with Crippen molar-refractivity contribution in [3.05, 3.63) is 29.4 Å². The zero-order chi connectivity index (χ0) is 15.8. The van der Waals surface area contributed by atoms with Crippen LogP contribution in [0.4, 0.5) is 5.82 Å². The predicted molar refractivity (Wildman–Crippen MR) is 88.9 cm³/mol. The van der Waals surface area contributed by atoms with E-state index < -0.39 is 0 Å². The fraction of sp³-hybridized carbons (Fsp3) is 0.467. The highest BCUT2D eigenvalue weighted by Crippen LogP contribution is 2.29. The summed E-state index contributed by atoms with van der Waals surface area (Å²) >= 11 is 1.68. The normalized spacial score (nSPS) is 18.7. The van der Waals surface area contributed by atoms with Gasteiger partial charge < -0.3 is 9.64 Å². The Balaban J connectivity index is 1.55. The van der Waals surface area contributed by atoms with Crippen molar-refractivity contribution in [3.63, 3.8) is 0 Å². The van der Waals surface area contributed by atoms with Crippen LogP contribution in [0.25, 0.3) is 10.2 Å². The van der Waals surface area contributed by atoms with Crippen LogP contribution in [-0.2, 0) is 11.3 Å². The first-order valence-corrected chi connectivity index (χ1v) is 8.51. The average Bonchev–Trinajstić information content (AvgIpc) is 3.14. The van der Waals surface area contributed by atoms with E-state index >= 15 is 0 Å². The van der Waals surface area contributed by atoms with Crippen molar-refractivity contribution in [2.75, 3.05) is 24.6 Å². The van der Waals surface area contributed by atoms with Gasteiger partial charge in [0.05, 0.1) is 29.5 Å². The van der Waals surface area contributed by atoms with Crippen LogP contribution in [-0.4, -0.2) is 50.5 Å². The number of fused-ring (bicyclic) bond motifs is 1. The summed E-state index contributed by atoms with van der Waals surface area (Å²) in [5, 5.41) is 6.49. The monoisotopic (exact) mass is 330 g/mol. The molecule has 0 bridgehead atoms. The quantitative estimate of drug-likeness (QED) is 0.729. The van der Waals surface area contributed by atoms with Gasteiger partial charge in [0.15, 0.2) is 0 Å². The first kappa shape index (κ1) is 14.5. The zero-order valence-electron chi connectivity index (χ0n) is 13.1. The van der Waals surface area contributed by atoms with Crippen LogP contribution in [0.5, 0.6) is 0 Å². The molecular weight excluding hydrogens is 312 g/mol. The molecule has 1 aliphatic heterocycles. The lowest BCUT2D eigenvalue weighted by atomic mass is 10.2. The summed E-state index contributed by atoms with van der Waals surface area (Å²) in [4.78, 5) is 15.5. The van der Waals surface area contributed by atoms with Gasteiger partial charge in [0, 0.05) is 13.1 Å². The lowest BCUT2D eigenvalue weighted by Crippen LogP contribution is -2.45. The number of ether oxygens (including phenoxy) is 1. The maximum atomic E-state index is 5.92. The summed E-state index contributed by atoms with van der Waals surface area (Å²) in [6, 6.07) is 2.03. The van der Waals surface area contributed by atoms with E-state index in [0.29, 0.717) is 13.2 Å². The van der Waals surface area contributed by atoms with E-state index in [-0.39, 0.29) is 6.10 Å². The molecule has 23 heavy (non-hydrogen) atoms. The van der Waals surface area contributed by atoms with Gasteiger partial charge in [0.25, 0.3) is 0 Å². The van der Waals surface area contributed by atoms with Gasteiger partial charge in [-0.15, -0.1) is 11.3 Å². The van der Waals surface area contributed by atoms with Gasteiger partial charge in [0.2, 0.25) is 0 Å². The second-order valence-corrected chi connectivity index (χ2v) is 6.58. The molecule has 3 aromatic rings. The van der Waals surface area contributed by atoms with Crippen LogP contribution >= 0.6 is 11.3 Å². The number of aromatic nitrogens is 5. The molecule has 4 rings (SSSR count). The lowest BCUT2D eigenvalue weighted by molar-refractivity contribution is 0.0268. The number of nitrogens with zero attached hydrogens (tertiary/aromatic N) is 6. The molecule has 0 amide bonds. The Bertz CT molecular complexity index is 828. The van der Waals surface area contributed by atoms with Gasteiger partial charge >= 0.3 is 0 Å². The van der Waals surface area contributed by atoms with Crippen molar-refractivity contribution in [3.8, 4) is 0 Å². The molecule has 0 saturated carbocycles. The minimum absolute atomic E-state index is 0.0773. The lowest BCUT2D eigenvalue weighted by Gasteiger charge is -2.33. The van der Waals surface area contributed by atoms with Gasteiger partial charge in [-0.25, -0.2) is 19.6 Å². The van der Waals surface area contributed by atoms with E-state index in [9.17, 15) is 0 Å². The summed E-state index contributed by atoms with van der Waals surface area (Å²) < 4.78 is 8.98. The third-order valence-electron chi connectivity index (χ3n) is 4.00. The van der Waals surface area contributed by atoms with Crippen molar-refractivity contribution in [2.24, 2.45) is 0 Å². The Labute approximate surface area is 137 Å². The van der Waals surface area contributed by atoms with Gasteiger partial charge in [-0.1, -0.05) is 0 Å². The van der Waals surface area contributed by atoms with Gasteiger partial charge in [-0.05, 0) is 25.3 Å². The Morgan fingerprint density at radius 1 is 1.35 bits per heavy atom. The molecule has 1 unspecified atom stereocenters. The van der Waals surface area contributed by atoms with Crippen molar-refractivity contribution in [2.45, 2.75) is 26.5 Å². The van der Waals surface area contributed by atoms with Gasteiger partial charge in [-0.3, -0.25) is 0 Å². The van der Waals surface area contributed by atoms with Crippen LogP contribution in [0.3, 0.4) is 0 Å². The Hall–Kier alpha value is -2.06. The molecule has 7 nitrogen and oxygen atoms in total. The van der Waals surface area contributed by atoms with E-state index in [0.717, 1.165) is 40.8 Å². The molecular formula is C15H18N6OS. The highest BCUT2D eigenvalue weighted by Gasteiger charge is 2.24. The first-order chi connectivity index (χ1) is 11.2. The number of morpholine rings is 1. The smallest absolute Gasteiger partial charge is 0.150 e. The van der Waals surface area contributed by atoms with E-state index in [1.165, 1.54) is 0 Å². The SMILES string of the molecule is Cc1nc(C)n(CC2CN(c3ncnc4ccsc34)CCO2)n1. The van der Waals surface area contributed by atoms with E-state index in [2.05, 4.69) is 30.3 Å². The molecule has 1 aliphatic rings. The minimum Gasteiger partial charge on any atom is -0.373 e. The number of aryl methyl sites for hydroxylation is 2. The second kappa shape index (κ2) is 5.86. The number of rotatable bonds is 3. The average molecular weight is 330 g/mol. The van der Waals surface area contributed by atoms with Gasteiger partial charge in [0.1, 0.15) is 23.8 Å². The van der Waals surface area contributed by atoms with Crippen LogP contribution in [0.15, 0.2) is 17.8 Å². The standard InChI is InChI=1S/C15H18N6OS/c1-10-18-11(2)21(19-10)8-12-7-20(4-5-22-12)15-14-13(3-6-23-14)16-9-17-15/h3,6,9,12H,4-5,7-8H2,1-2H3. The van der Waals surface area contributed by atoms with Crippen molar-refractivity contribution < 1.29 is 4.74 Å². The first-order valence-electron chi connectivity index (χ1n) is 7.63. The van der Waals surface area contributed by atoms with Crippen LogP contribution in [0.1, 0.15) is 11.6 Å². The second-order valence-electron chi connectivity index (χ2n) is 5.66. The topological polar surface area (TPSA) is 69.0 Å². The molecule has 4 heterocycles. The van der Waals surface area contributed by atoms with E-state index in [4.69, 9.17) is 4.74 Å². The number of hydrogen-bond donors (Lipinski definition) is 0. The molecule has 1 atom stereocenters. The summed E-state index contributed by atoms with van der Waals surface area (Å²) in [6.07, 6.45) is 1.72. The molecule has 120 valence electrons. The maximum Gasteiger partial charge on any atom is 0.150 e. The van der Waals surface area contributed by atoms with Gasteiger partial charge in [-0.2, -0.15) is 5.10 Å². The fourth-order valence-electron chi connectivity index (χ4n) is 2.95. The maximum absolute atomic E-state index is 5.92. The minimum atomic E-state index is 0.0773. The third kappa shape index (κ3) is 2.79. The fourth-order valence-corrected chi connectivity index (χ4v) is 3.81. The summed E-state index contributed by atoms with van der Waals surface area (Å²) in [7, 11) is 0. The predicted octanol–water partition coefficient (Wildman–Crippen LogP) is 1.81. The van der Waals surface area contributed by atoms with Crippen LogP contribution in [0, 0.1) is 13.8 Å². The Kier molecular flexibility index (Phi) is 3.70. The van der Waals surface area contributed by atoms with Crippen molar-refractivity contribution >= 4 is 27.4 Å². The molecule has 3 aromatic heterocycles. The van der Waals surface area contributed by atoms with Crippen molar-refractivity contribution in [1.82, 2.24) is 24.7 Å². The highest BCUT2D eigenvalue weighted by atomic mass is 32.1. The Morgan fingerprint density at radius 2 is 2.26 bits per heavy atom. The summed E-state index contributed by atoms with van der Waals surface area (Å²) in [5.74, 6) is 2.72. The number of anilines is 1. The largest absolute Gasteiger partial charge is 0.373 e. The molecule has 1 fully saturated rings. The molecule has 0 aliphatic carbocycles. The number of thiophene rings is 1. The molecule has 0 radical (unpaired) electrons. The molecule has 0 spiro atoms. The van der Waals surface area contributed by atoms with Crippen LogP contribution < -0.4 is 4.90 Å². The van der Waals surface area contributed by atoms with Crippen molar-refractivity contribution in [1.29, 1.82) is 0 Å². The number of hydrogen-bond acceptors (Lipinski definition) is 7. The Morgan fingerprint density at radius 3 is 3.09 bits per heavy atom. The summed E-state index contributed by atoms with van der Waals surface area (Å²) in [6.45, 7) is 6.92. The zero-order valence-corrected chi connectivity index (χ0v) is 14.0. The molecule has 0 aromatic carbocycles.